The second kappa shape index (κ2) is 3.87. The second-order valence-electron chi connectivity index (χ2n) is 3.77. The summed E-state index contributed by atoms with van der Waals surface area (Å²) < 4.78 is 1.87. The maximum Gasteiger partial charge on any atom is 0.167 e. The average molecular weight is 222 g/mol. The molecule has 3 rings (SSSR count). The van der Waals surface area contributed by atoms with Gasteiger partial charge in [-0.05, 0) is 30.3 Å². The van der Waals surface area contributed by atoms with Crippen molar-refractivity contribution in [2.24, 2.45) is 0 Å². The normalized spacial score (nSPS) is 10.6. The van der Waals surface area contributed by atoms with E-state index in [2.05, 4.69) is 4.98 Å². The minimum absolute atomic E-state index is 0.638. The number of carbonyl (C=O) groups excluding carboxylic acids is 1. The first kappa shape index (κ1) is 9.78. The zero-order valence-electron chi connectivity index (χ0n) is 9.08. The van der Waals surface area contributed by atoms with E-state index in [4.69, 9.17) is 0 Å². The molecule has 0 unspecified atom stereocenters. The van der Waals surface area contributed by atoms with Crippen LogP contribution >= 0.6 is 0 Å². The van der Waals surface area contributed by atoms with Crippen LogP contribution in [0.25, 0.3) is 16.8 Å². The number of nitrogens with zero attached hydrogens (tertiary/aromatic N) is 2. The van der Waals surface area contributed by atoms with Gasteiger partial charge in [-0.1, -0.05) is 12.1 Å². The highest BCUT2D eigenvalue weighted by molar-refractivity contribution is 5.88. The summed E-state index contributed by atoms with van der Waals surface area (Å²) in [5.74, 6) is 0. The third-order valence-electron chi connectivity index (χ3n) is 2.77. The Bertz CT molecular complexity index is 671. The van der Waals surface area contributed by atoms with E-state index in [1.54, 1.807) is 6.20 Å². The van der Waals surface area contributed by atoms with Gasteiger partial charge in [-0.25, -0.2) is 0 Å². The van der Waals surface area contributed by atoms with Gasteiger partial charge in [0.05, 0.1) is 11.4 Å². The van der Waals surface area contributed by atoms with Gasteiger partial charge in [0, 0.05) is 23.5 Å². The number of carbonyl (C=O) groups is 1. The van der Waals surface area contributed by atoms with E-state index in [0.29, 0.717) is 5.69 Å². The van der Waals surface area contributed by atoms with Crippen LogP contribution in [-0.4, -0.2) is 15.7 Å². The molecule has 0 N–H and O–H groups in total. The predicted octanol–water partition coefficient (Wildman–Crippen LogP) is 2.81. The number of hydrogen-bond donors (Lipinski definition) is 0. The Morgan fingerprint density at radius 3 is 2.76 bits per heavy atom. The average Bonchev–Trinajstić information content (AvgIpc) is 2.78. The Morgan fingerprint density at radius 2 is 2.00 bits per heavy atom. The van der Waals surface area contributed by atoms with Crippen LogP contribution in [0.15, 0.2) is 54.9 Å². The predicted molar refractivity (Wildman–Crippen MR) is 66.0 cm³/mol. The molecule has 3 nitrogen and oxygen atoms in total. The van der Waals surface area contributed by atoms with E-state index in [0.717, 1.165) is 23.1 Å². The molecule has 0 bridgehead atoms. The van der Waals surface area contributed by atoms with Gasteiger partial charge in [0.2, 0.25) is 0 Å². The van der Waals surface area contributed by atoms with Crippen LogP contribution < -0.4 is 0 Å². The molecule has 0 aliphatic heterocycles. The van der Waals surface area contributed by atoms with Crippen molar-refractivity contribution >= 4 is 11.8 Å². The van der Waals surface area contributed by atoms with Crippen molar-refractivity contribution in [1.29, 1.82) is 0 Å². The summed E-state index contributed by atoms with van der Waals surface area (Å²) in [6, 6.07) is 13.5. The van der Waals surface area contributed by atoms with Crippen molar-refractivity contribution in [3.63, 3.8) is 0 Å². The summed E-state index contributed by atoms with van der Waals surface area (Å²) in [7, 11) is 0. The molecule has 0 spiro atoms. The maximum atomic E-state index is 11.2. The van der Waals surface area contributed by atoms with E-state index < -0.39 is 0 Å². The number of aldehydes is 1. The van der Waals surface area contributed by atoms with Crippen molar-refractivity contribution in [2.45, 2.75) is 0 Å². The molecule has 0 aliphatic carbocycles. The molecule has 0 saturated heterocycles. The molecule has 0 saturated carbocycles. The third kappa shape index (κ3) is 1.52. The molecule has 3 heterocycles. The summed E-state index contributed by atoms with van der Waals surface area (Å²) in [4.78, 5) is 15.5. The molecular formula is C14H10N2O. The Hall–Kier alpha value is -2.42. The number of aromatic nitrogens is 2. The van der Waals surface area contributed by atoms with Gasteiger partial charge >= 0.3 is 0 Å². The molecular weight excluding hydrogens is 212 g/mol. The van der Waals surface area contributed by atoms with Crippen molar-refractivity contribution in [2.75, 3.05) is 0 Å². The Kier molecular flexibility index (Phi) is 2.22. The molecule has 3 heteroatoms. The summed E-state index contributed by atoms with van der Waals surface area (Å²) in [6.07, 6.45) is 4.48. The van der Waals surface area contributed by atoms with Crippen LogP contribution in [0.3, 0.4) is 0 Å². The third-order valence-corrected chi connectivity index (χ3v) is 2.77. The summed E-state index contributed by atoms with van der Waals surface area (Å²) in [5, 5.41) is 0. The van der Waals surface area contributed by atoms with Crippen LogP contribution in [0, 0.1) is 0 Å². The van der Waals surface area contributed by atoms with E-state index in [-0.39, 0.29) is 0 Å². The molecule has 0 radical (unpaired) electrons. The molecule has 0 aromatic carbocycles. The van der Waals surface area contributed by atoms with Gasteiger partial charge in [-0.2, -0.15) is 0 Å². The van der Waals surface area contributed by atoms with Crippen LogP contribution in [-0.2, 0) is 0 Å². The van der Waals surface area contributed by atoms with Crippen LogP contribution in [0.5, 0.6) is 0 Å². The lowest BCUT2D eigenvalue weighted by Crippen LogP contribution is -1.92. The van der Waals surface area contributed by atoms with Gasteiger partial charge in [-0.15, -0.1) is 0 Å². The number of fused-ring (bicyclic) bond motifs is 1. The lowest BCUT2D eigenvalue weighted by molar-refractivity contribution is 0.111. The number of rotatable bonds is 2. The molecule has 17 heavy (non-hydrogen) atoms. The Morgan fingerprint density at radius 1 is 1.12 bits per heavy atom. The van der Waals surface area contributed by atoms with Gasteiger partial charge in [0.25, 0.3) is 0 Å². The highest BCUT2D eigenvalue weighted by Gasteiger charge is 2.11. The number of hydrogen-bond acceptors (Lipinski definition) is 2. The molecule has 0 amide bonds. The fourth-order valence-electron chi connectivity index (χ4n) is 1.99. The lowest BCUT2D eigenvalue weighted by atomic mass is 10.1. The van der Waals surface area contributed by atoms with Crippen LogP contribution in [0.1, 0.15) is 10.5 Å². The van der Waals surface area contributed by atoms with Crippen LogP contribution in [0.4, 0.5) is 0 Å². The summed E-state index contributed by atoms with van der Waals surface area (Å²) in [5.41, 5.74) is 3.32. The summed E-state index contributed by atoms with van der Waals surface area (Å²) >= 11 is 0. The van der Waals surface area contributed by atoms with Crippen molar-refractivity contribution in [1.82, 2.24) is 9.38 Å². The molecule has 82 valence electrons. The molecule has 0 aliphatic rings. The van der Waals surface area contributed by atoms with Crippen molar-refractivity contribution in [3.8, 4) is 11.3 Å². The first-order chi connectivity index (χ1) is 8.40. The van der Waals surface area contributed by atoms with Gasteiger partial charge in [0.15, 0.2) is 6.29 Å². The van der Waals surface area contributed by atoms with Crippen molar-refractivity contribution < 1.29 is 4.79 Å². The topological polar surface area (TPSA) is 34.4 Å². The fraction of sp³-hybridized carbons (Fsp3) is 0. The zero-order chi connectivity index (χ0) is 11.7. The molecule has 0 fully saturated rings. The van der Waals surface area contributed by atoms with E-state index in [9.17, 15) is 4.79 Å². The standard InChI is InChI=1S/C14H10N2O/c17-10-14-12(13-6-1-3-7-15-13)9-11-5-2-4-8-16(11)14/h1-10H. The monoisotopic (exact) mass is 222 g/mol. The van der Waals surface area contributed by atoms with Crippen LogP contribution in [0.2, 0.25) is 0 Å². The highest BCUT2D eigenvalue weighted by Crippen LogP contribution is 2.24. The number of pyridine rings is 2. The minimum atomic E-state index is 0.638. The smallest absolute Gasteiger partial charge is 0.167 e. The summed E-state index contributed by atoms with van der Waals surface area (Å²) in [6.45, 7) is 0. The quantitative estimate of drug-likeness (QED) is 0.625. The van der Waals surface area contributed by atoms with E-state index in [1.807, 2.05) is 53.1 Å². The zero-order valence-corrected chi connectivity index (χ0v) is 9.08. The van der Waals surface area contributed by atoms with E-state index >= 15 is 0 Å². The molecule has 0 atom stereocenters. The van der Waals surface area contributed by atoms with Gasteiger partial charge in [-0.3, -0.25) is 9.78 Å². The first-order valence-corrected chi connectivity index (χ1v) is 5.37. The first-order valence-electron chi connectivity index (χ1n) is 5.37. The SMILES string of the molecule is O=Cc1c(-c2ccccn2)cc2ccccn12. The Balaban J connectivity index is 2.33. The lowest BCUT2D eigenvalue weighted by Gasteiger charge is -1.98. The van der Waals surface area contributed by atoms with E-state index in [1.165, 1.54) is 0 Å². The Labute approximate surface area is 98.4 Å². The molecule has 3 aromatic heterocycles. The van der Waals surface area contributed by atoms with Gasteiger partial charge < -0.3 is 4.40 Å². The maximum absolute atomic E-state index is 11.2. The largest absolute Gasteiger partial charge is 0.314 e. The molecule has 3 aromatic rings. The fourth-order valence-corrected chi connectivity index (χ4v) is 1.99. The second-order valence-corrected chi connectivity index (χ2v) is 3.77. The van der Waals surface area contributed by atoms with Crippen molar-refractivity contribution in [3.05, 3.63) is 60.6 Å². The minimum Gasteiger partial charge on any atom is -0.314 e. The highest BCUT2D eigenvalue weighted by atomic mass is 16.1. The van der Waals surface area contributed by atoms with Gasteiger partial charge in [0.1, 0.15) is 0 Å².